The summed E-state index contributed by atoms with van der Waals surface area (Å²) in [7, 11) is 0. The third kappa shape index (κ3) is 4.25. The highest BCUT2D eigenvalue weighted by Crippen LogP contribution is 2.33. The second-order valence-electron chi connectivity index (χ2n) is 8.74. The van der Waals surface area contributed by atoms with Crippen molar-refractivity contribution in [3.05, 3.63) is 65.7 Å². The summed E-state index contributed by atoms with van der Waals surface area (Å²) in [5, 5.41) is 0. The zero-order valence-corrected chi connectivity index (χ0v) is 17.9. The summed E-state index contributed by atoms with van der Waals surface area (Å²) in [5.74, 6) is 0.419. The van der Waals surface area contributed by atoms with Crippen LogP contribution in [0.3, 0.4) is 0 Å². The normalized spacial score (nSPS) is 15.1. The quantitative estimate of drug-likeness (QED) is 0.504. The molecule has 5 heteroatoms. The summed E-state index contributed by atoms with van der Waals surface area (Å²) in [5.41, 5.74) is 2.21. The summed E-state index contributed by atoms with van der Waals surface area (Å²) < 4.78 is 16.7. The first-order valence-corrected chi connectivity index (χ1v) is 11.0. The van der Waals surface area contributed by atoms with E-state index in [1.54, 1.807) is 23.1 Å². The van der Waals surface area contributed by atoms with E-state index < -0.39 is 5.82 Å². The second kappa shape index (κ2) is 8.99. The fourth-order valence-corrected chi connectivity index (χ4v) is 4.59. The fourth-order valence-electron chi connectivity index (χ4n) is 4.59. The Morgan fingerprint density at radius 3 is 2.53 bits per heavy atom. The van der Waals surface area contributed by atoms with Crippen molar-refractivity contribution in [2.75, 3.05) is 6.54 Å². The molecule has 0 N–H and O–H groups in total. The van der Waals surface area contributed by atoms with Crippen LogP contribution in [0.1, 0.15) is 68.2 Å². The van der Waals surface area contributed by atoms with Crippen LogP contribution in [0.2, 0.25) is 0 Å². The topological polar surface area (TPSA) is 38.1 Å². The number of rotatable bonds is 6. The highest BCUT2D eigenvalue weighted by atomic mass is 19.1. The molecule has 4 nitrogen and oxygen atoms in total. The summed E-state index contributed by atoms with van der Waals surface area (Å²) in [6.45, 7) is 5.09. The van der Waals surface area contributed by atoms with E-state index in [1.165, 1.54) is 25.3 Å². The maximum absolute atomic E-state index is 14.3. The van der Waals surface area contributed by atoms with E-state index in [-0.39, 0.29) is 17.4 Å². The van der Waals surface area contributed by atoms with E-state index in [9.17, 15) is 9.18 Å². The number of aromatic nitrogens is 2. The van der Waals surface area contributed by atoms with Gasteiger partial charge in [0.25, 0.3) is 5.91 Å². The maximum Gasteiger partial charge on any atom is 0.257 e. The third-order valence-corrected chi connectivity index (χ3v) is 5.92. The molecule has 2 aromatic carbocycles. The molecule has 158 valence electrons. The molecule has 1 amide bonds. The molecular weight excluding hydrogens is 377 g/mol. The Morgan fingerprint density at radius 2 is 1.80 bits per heavy atom. The van der Waals surface area contributed by atoms with Crippen molar-refractivity contribution in [3.63, 3.8) is 0 Å². The first kappa shape index (κ1) is 20.6. The molecule has 30 heavy (non-hydrogen) atoms. The van der Waals surface area contributed by atoms with E-state index in [0.29, 0.717) is 19.1 Å². The van der Waals surface area contributed by atoms with E-state index in [4.69, 9.17) is 4.98 Å². The van der Waals surface area contributed by atoms with Gasteiger partial charge in [0.1, 0.15) is 11.6 Å². The molecule has 1 saturated carbocycles. The number of carbonyl (C=O) groups excluding carboxylic acids is 1. The lowest BCUT2D eigenvalue weighted by Gasteiger charge is -2.29. The zero-order valence-electron chi connectivity index (χ0n) is 17.9. The highest BCUT2D eigenvalue weighted by Gasteiger charge is 2.26. The van der Waals surface area contributed by atoms with Gasteiger partial charge in [0.15, 0.2) is 0 Å². The molecule has 3 aromatic rings. The zero-order chi connectivity index (χ0) is 21.1. The van der Waals surface area contributed by atoms with Gasteiger partial charge in [0.05, 0.1) is 23.1 Å². The van der Waals surface area contributed by atoms with Gasteiger partial charge >= 0.3 is 0 Å². The summed E-state index contributed by atoms with van der Waals surface area (Å²) in [6, 6.07) is 14.8. The van der Waals surface area contributed by atoms with Crippen molar-refractivity contribution >= 4 is 16.9 Å². The van der Waals surface area contributed by atoms with Gasteiger partial charge in [-0.3, -0.25) is 4.79 Å². The van der Waals surface area contributed by atoms with Crippen LogP contribution < -0.4 is 0 Å². The van der Waals surface area contributed by atoms with Gasteiger partial charge in [0, 0.05) is 12.6 Å². The second-order valence-corrected chi connectivity index (χ2v) is 8.74. The summed E-state index contributed by atoms with van der Waals surface area (Å²) in [4.78, 5) is 19.9. The lowest BCUT2D eigenvalue weighted by molar-refractivity contribution is 0.0710. The largest absolute Gasteiger partial charge is 0.331 e. The number of hydrogen-bond acceptors (Lipinski definition) is 2. The number of para-hydroxylation sites is 2. The Morgan fingerprint density at radius 1 is 1.10 bits per heavy atom. The molecule has 0 atom stereocenters. The molecule has 0 spiro atoms. The number of amides is 1. The monoisotopic (exact) mass is 407 g/mol. The number of fused-ring (bicyclic) bond motifs is 1. The average Bonchev–Trinajstić information content (AvgIpc) is 3.11. The number of benzene rings is 2. The number of carbonyl (C=O) groups is 1. The van der Waals surface area contributed by atoms with Crippen molar-refractivity contribution in [3.8, 4) is 0 Å². The Labute approximate surface area is 177 Å². The van der Waals surface area contributed by atoms with Gasteiger partial charge < -0.3 is 9.47 Å². The lowest BCUT2D eigenvalue weighted by Crippen LogP contribution is -2.35. The van der Waals surface area contributed by atoms with Gasteiger partial charge in [-0.1, -0.05) is 57.4 Å². The Kier molecular flexibility index (Phi) is 6.16. The summed E-state index contributed by atoms with van der Waals surface area (Å²) >= 11 is 0. The van der Waals surface area contributed by atoms with Crippen molar-refractivity contribution in [2.24, 2.45) is 5.92 Å². The highest BCUT2D eigenvalue weighted by molar-refractivity contribution is 5.94. The van der Waals surface area contributed by atoms with Crippen LogP contribution in [0.15, 0.2) is 48.5 Å². The first-order chi connectivity index (χ1) is 14.5. The molecule has 0 saturated heterocycles. The maximum atomic E-state index is 14.3. The van der Waals surface area contributed by atoms with E-state index in [1.807, 2.05) is 18.2 Å². The smallest absolute Gasteiger partial charge is 0.257 e. The minimum Gasteiger partial charge on any atom is -0.331 e. The Bertz CT molecular complexity index is 1020. The van der Waals surface area contributed by atoms with Crippen molar-refractivity contribution in [1.29, 1.82) is 0 Å². The minimum atomic E-state index is -0.475. The first-order valence-electron chi connectivity index (χ1n) is 11.0. The standard InChI is InChI=1S/C25H30FN3O/c1-18(2)16-28(25(30)20-12-6-7-13-21(20)26)17-24-27-22-14-8-9-15-23(22)29(24)19-10-4-3-5-11-19/h6-9,12-15,18-19H,3-5,10-11,16-17H2,1-2H3. The molecule has 0 bridgehead atoms. The Hall–Kier alpha value is -2.69. The number of halogens is 1. The molecule has 1 heterocycles. The van der Waals surface area contributed by atoms with Crippen molar-refractivity contribution in [2.45, 2.75) is 58.5 Å². The average molecular weight is 408 g/mol. The minimum absolute atomic E-state index is 0.124. The van der Waals surface area contributed by atoms with Gasteiger partial charge in [-0.25, -0.2) is 9.37 Å². The SMILES string of the molecule is CC(C)CN(Cc1nc2ccccc2n1C1CCCCC1)C(=O)c1ccccc1F. The molecular formula is C25H30FN3O. The van der Waals surface area contributed by atoms with Crippen molar-refractivity contribution < 1.29 is 9.18 Å². The Balaban J connectivity index is 1.72. The van der Waals surface area contributed by atoms with Gasteiger partial charge in [0.2, 0.25) is 0 Å². The van der Waals surface area contributed by atoms with E-state index in [0.717, 1.165) is 29.7 Å². The molecule has 0 aliphatic heterocycles. The predicted molar refractivity (Wildman–Crippen MR) is 118 cm³/mol. The van der Waals surface area contributed by atoms with Gasteiger partial charge in [-0.15, -0.1) is 0 Å². The molecule has 0 radical (unpaired) electrons. The van der Waals surface area contributed by atoms with Crippen LogP contribution in [-0.2, 0) is 6.54 Å². The fraction of sp³-hybridized carbons (Fsp3) is 0.440. The van der Waals surface area contributed by atoms with Crippen molar-refractivity contribution in [1.82, 2.24) is 14.5 Å². The molecule has 1 aliphatic carbocycles. The van der Waals surface area contributed by atoms with E-state index in [2.05, 4.69) is 24.5 Å². The molecule has 1 aliphatic rings. The van der Waals surface area contributed by atoms with Crippen LogP contribution in [0.4, 0.5) is 4.39 Å². The third-order valence-electron chi connectivity index (χ3n) is 5.92. The summed E-state index contributed by atoms with van der Waals surface area (Å²) in [6.07, 6.45) is 6.00. The van der Waals surface area contributed by atoms with Crippen LogP contribution in [-0.4, -0.2) is 26.9 Å². The predicted octanol–water partition coefficient (Wildman–Crippen LogP) is 5.98. The van der Waals surface area contributed by atoms with Crippen LogP contribution in [0, 0.1) is 11.7 Å². The number of imidazole rings is 1. The lowest BCUT2D eigenvalue weighted by atomic mass is 9.95. The molecule has 1 fully saturated rings. The van der Waals surface area contributed by atoms with Crippen LogP contribution in [0.25, 0.3) is 11.0 Å². The molecule has 4 rings (SSSR count). The van der Waals surface area contributed by atoms with Crippen LogP contribution in [0.5, 0.6) is 0 Å². The van der Waals surface area contributed by atoms with Crippen LogP contribution >= 0.6 is 0 Å². The van der Waals surface area contributed by atoms with Gasteiger partial charge in [-0.05, 0) is 43.0 Å². The number of nitrogens with zero attached hydrogens (tertiary/aromatic N) is 3. The number of hydrogen-bond donors (Lipinski definition) is 0. The molecule has 1 aromatic heterocycles. The molecule has 0 unspecified atom stereocenters. The van der Waals surface area contributed by atoms with E-state index >= 15 is 0 Å². The van der Waals surface area contributed by atoms with Gasteiger partial charge in [-0.2, -0.15) is 0 Å².